The second-order valence-electron chi connectivity index (χ2n) is 5.43. The SMILES string of the molecule is O=C(NN1C(=O)/C(=C/c2ccc(Br)c([N+](=O)[O-])c2)SC1=S)c1ccc(Cl)cc1. The molecule has 0 bridgehead atoms. The number of carbonyl (C=O) groups is 2. The molecule has 0 saturated carbocycles. The van der Waals surface area contributed by atoms with E-state index in [9.17, 15) is 19.7 Å². The van der Waals surface area contributed by atoms with E-state index in [0.29, 0.717) is 20.6 Å². The lowest BCUT2D eigenvalue weighted by atomic mass is 10.2. The molecular formula is C17H9BrClN3O4S2. The van der Waals surface area contributed by atoms with E-state index >= 15 is 0 Å². The van der Waals surface area contributed by atoms with Crippen molar-refractivity contribution in [3.63, 3.8) is 0 Å². The maximum atomic E-state index is 12.6. The zero-order valence-corrected chi connectivity index (χ0v) is 17.7. The zero-order valence-electron chi connectivity index (χ0n) is 13.7. The Morgan fingerprint density at radius 1 is 1.29 bits per heavy atom. The molecule has 1 heterocycles. The van der Waals surface area contributed by atoms with Crippen LogP contribution in [0, 0.1) is 10.1 Å². The summed E-state index contributed by atoms with van der Waals surface area (Å²) in [5.74, 6) is -1.05. The van der Waals surface area contributed by atoms with Crippen LogP contribution < -0.4 is 5.43 Å². The van der Waals surface area contributed by atoms with Crippen LogP contribution >= 0.6 is 51.5 Å². The van der Waals surface area contributed by atoms with E-state index in [1.54, 1.807) is 18.2 Å². The third-order valence-corrected chi connectivity index (χ3v) is 5.80. The van der Waals surface area contributed by atoms with Crippen molar-refractivity contribution in [2.45, 2.75) is 0 Å². The topological polar surface area (TPSA) is 92.6 Å². The molecule has 11 heteroatoms. The van der Waals surface area contributed by atoms with Gasteiger partial charge in [-0.25, -0.2) is 0 Å². The molecule has 28 heavy (non-hydrogen) atoms. The van der Waals surface area contributed by atoms with Gasteiger partial charge in [-0.3, -0.25) is 25.1 Å². The fraction of sp³-hybridized carbons (Fsp3) is 0. The number of amides is 2. The van der Waals surface area contributed by atoms with E-state index in [0.717, 1.165) is 16.8 Å². The van der Waals surface area contributed by atoms with E-state index in [1.807, 2.05) is 0 Å². The first-order chi connectivity index (χ1) is 13.3. The number of nitro benzene ring substituents is 1. The quantitative estimate of drug-likeness (QED) is 0.288. The van der Waals surface area contributed by atoms with Gasteiger partial charge in [-0.1, -0.05) is 29.4 Å². The lowest BCUT2D eigenvalue weighted by Gasteiger charge is -2.15. The normalized spacial score (nSPS) is 15.2. The minimum atomic E-state index is -0.529. The van der Waals surface area contributed by atoms with Crippen molar-refractivity contribution in [1.82, 2.24) is 10.4 Å². The summed E-state index contributed by atoms with van der Waals surface area (Å²) >= 11 is 15.1. The van der Waals surface area contributed by atoms with Crippen LogP contribution in [0.15, 0.2) is 51.8 Å². The van der Waals surface area contributed by atoms with E-state index < -0.39 is 16.7 Å². The highest BCUT2D eigenvalue weighted by Crippen LogP contribution is 2.33. The summed E-state index contributed by atoms with van der Waals surface area (Å²) in [6.07, 6.45) is 1.48. The van der Waals surface area contributed by atoms with Crippen LogP contribution in [-0.2, 0) is 4.79 Å². The van der Waals surface area contributed by atoms with E-state index in [-0.39, 0.29) is 14.9 Å². The Labute approximate surface area is 182 Å². The largest absolute Gasteiger partial charge is 0.285 e. The predicted molar refractivity (Wildman–Crippen MR) is 115 cm³/mol. The molecule has 0 unspecified atom stereocenters. The second-order valence-corrected chi connectivity index (χ2v) is 8.40. The van der Waals surface area contributed by atoms with Crippen LogP contribution in [0.25, 0.3) is 6.08 Å². The molecule has 0 atom stereocenters. The number of nitro groups is 1. The fourth-order valence-corrected chi connectivity index (χ4v) is 3.94. The van der Waals surface area contributed by atoms with Gasteiger partial charge in [0.25, 0.3) is 17.5 Å². The molecule has 3 rings (SSSR count). The molecule has 1 fully saturated rings. The molecule has 1 saturated heterocycles. The number of nitrogens with one attached hydrogen (secondary N) is 1. The highest BCUT2D eigenvalue weighted by molar-refractivity contribution is 9.10. The summed E-state index contributed by atoms with van der Waals surface area (Å²) in [5.41, 5.74) is 3.10. The average Bonchev–Trinajstić information content (AvgIpc) is 2.91. The van der Waals surface area contributed by atoms with E-state index in [1.165, 1.54) is 30.3 Å². The number of halogens is 2. The van der Waals surface area contributed by atoms with Gasteiger partial charge in [0.15, 0.2) is 4.32 Å². The Kier molecular flexibility index (Phi) is 6.14. The first-order valence-corrected chi connectivity index (χ1v) is 9.94. The zero-order chi connectivity index (χ0) is 20.4. The first-order valence-electron chi connectivity index (χ1n) is 7.54. The van der Waals surface area contributed by atoms with Crippen molar-refractivity contribution in [3.8, 4) is 0 Å². The Morgan fingerprint density at radius 2 is 1.96 bits per heavy atom. The van der Waals surface area contributed by atoms with Crippen LogP contribution in [0.3, 0.4) is 0 Å². The number of rotatable bonds is 4. The van der Waals surface area contributed by atoms with Crippen LogP contribution in [0.2, 0.25) is 5.02 Å². The number of hydrazine groups is 1. The molecule has 1 aliphatic heterocycles. The lowest BCUT2D eigenvalue weighted by Crippen LogP contribution is -2.44. The molecule has 0 spiro atoms. The number of nitrogens with zero attached hydrogens (tertiary/aromatic N) is 2. The molecule has 1 N–H and O–H groups in total. The maximum absolute atomic E-state index is 12.6. The molecule has 0 radical (unpaired) electrons. The van der Waals surface area contributed by atoms with Crippen LogP contribution in [0.5, 0.6) is 0 Å². The summed E-state index contributed by atoms with van der Waals surface area (Å²) in [7, 11) is 0. The van der Waals surface area contributed by atoms with Gasteiger partial charge in [0, 0.05) is 16.7 Å². The smallest absolute Gasteiger partial charge is 0.267 e. The minimum absolute atomic E-state index is 0.125. The number of hydrogen-bond donors (Lipinski definition) is 1. The highest BCUT2D eigenvalue weighted by Gasteiger charge is 2.34. The van der Waals surface area contributed by atoms with Crippen LogP contribution in [0.4, 0.5) is 5.69 Å². The third-order valence-electron chi connectivity index (χ3n) is 3.58. The standard InChI is InChI=1S/C17H9BrClN3O4S2/c18-12-6-1-9(7-13(12)22(25)26)8-14-16(24)21(17(27)28-14)20-15(23)10-2-4-11(19)5-3-10/h1-8H,(H,20,23)/b14-8-. The Morgan fingerprint density at radius 3 is 2.61 bits per heavy atom. The minimum Gasteiger partial charge on any atom is -0.267 e. The van der Waals surface area contributed by atoms with Crippen molar-refractivity contribution in [2.24, 2.45) is 0 Å². The molecule has 1 aliphatic rings. The number of thiocarbonyl (C=S) groups is 1. The molecule has 0 aliphatic carbocycles. The predicted octanol–water partition coefficient (Wildman–Crippen LogP) is 4.56. The number of carbonyl (C=O) groups excluding carboxylic acids is 2. The Bertz CT molecular complexity index is 1040. The molecule has 7 nitrogen and oxygen atoms in total. The molecule has 2 amide bonds. The molecular weight excluding hydrogens is 490 g/mol. The van der Waals surface area contributed by atoms with Crippen LogP contribution in [0.1, 0.15) is 15.9 Å². The van der Waals surface area contributed by atoms with Crippen molar-refractivity contribution >= 4 is 79.4 Å². The third kappa shape index (κ3) is 4.41. The summed E-state index contributed by atoms with van der Waals surface area (Å²) in [5, 5.41) is 12.5. The molecule has 142 valence electrons. The van der Waals surface area contributed by atoms with Crippen molar-refractivity contribution in [3.05, 3.63) is 78.1 Å². The fourth-order valence-electron chi connectivity index (χ4n) is 2.24. The van der Waals surface area contributed by atoms with Gasteiger partial charge >= 0.3 is 0 Å². The van der Waals surface area contributed by atoms with Gasteiger partial charge in [0.05, 0.1) is 14.3 Å². The molecule has 2 aromatic rings. The maximum Gasteiger partial charge on any atom is 0.285 e. The van der Waals surface area contributed by atoms with Gasteiger partial charge in [0.2, 0.25) is 0 Å². The molecule has 0 aromatic heterocycles. The number of thioether (sulfide) groups is 1. The number of hydrogen-bond acceptors (Lipinski definition) is 6. The van der Waals surface area contributed by atoms with Crippen molar-refractivity contribution in [1.29, 1.82) is 0 Å². The van der Waals surface area contributed by atoms with Crippen LogP contribution in [-0.4, -0.2) is 26.1 Å². The van der Waals surface area contributed by atoms with E-state index in [2.05, 4.69) is 21.4 Å². The van der Waals surface area contributed by atoms with Crippen molar-refractivity contribution in [2.75, 3.05) is 0 Å². The summed E-state index contributed by atoms with van der Waals surface area (Å²) < 4.78 is 0.475. The Hall–Kier alpha value is -2.27. The van der Waals surface area contributed by atoms with E-state index in [4.69, 9.17) is 23.8 Å². The number of benzene rings is 2. The first kappa shape index (κ1) is 20.5. The molecule has 2 aromatic carbocycles. The summed E-state index contributed by atoms with van der Waals surface area (Å²) in [4.78, 5) is 35.7. The van der Waals surface area contributed by atoms with Crippen molar-refractivity contribution < 1.29 is 14.5 Å². The van der Waals surface area contributed by atoms with Gasteiger partial charge in [-0.05, 0) is 70.1 Å². The second kappa shape index (κ2) is 8.39. The highest BCUT2D eigenvalue weighted by atomic mass is 79.9. The monoisotopic (exact) mass is 497 g/mol. The van der Waals surface area contributed by atoms with Gasteiger partial charge in [0.1, 0.15) is 0 Å². The average molecular weight is 499 g/mol. The summed E-state index contributed by atoms with van der Waals surface area (Å²) in [6.45, 7) is 0. The summed E-state index contributed by atoms with van der Waals surface area (Å²) in [6, 6.07) is 10.6. The Balaban J connectivity index is 1.80. The lowest BCUT2D eigenvalue weighted by molar-refractivity contribution is -0.385. The van der Waals surface area contributed by atoms with Gasteiger partial charge in [-0.15, -0.1) is 0 Å². The van der Waals surface area contributed by atoms with Gasteiger partial charge in [-0.2, -0.15) is 5.01 Å². The van der Waals surface area contributed by atoms with Gasteiger partial charge < -0.3 is 0 Å².